The molecule has 1 N–H and O–H groups in total. The lowest BCUT2D eigenvalue weighted by Crippen LogP contribution is -2.11. The Morgan fingerprint density at radius 2 is 1.79 bits per heavy atom. The topological polar surface area (TPSA) is 78.8 Å². The predicted molar refractivity (Wildman–Crippen MR) is 110 cm³/mol. The fourth-order valence-corrected chi connectivity index (χ4v) is 3.62. The number of aromatic nitrogens is 2. The monoisotopic (exact) mass is 385 g/mol. The molecule has 28 heavy (non-hydrogen) atoms. The summed E-state index contributed by atoms with van der Waals surface area (Å²) in [6.07, 6.45) is 0. The van der Waals surface area contributed by atoms with Gasteiger partial charge in [0.25, 0.3) is 5.56 Å². The Labute approximate surface area is 165 Å². The van der Waals surface area contributed by atoms with Gasteiger partial charge in [0, 0.05) is 22.2 Å². The van der Waals surface area contributed by atoms with Crippen molar-refractivity contribution in [3.8, 4) is 39.4 Å². The van der Waals surface area contributed by atoms with E-state index in [0.717, 1.165) is 33.3 Å². The molecule has 0 saturated carbocycles. The average molecular weight is 385 g/mol. The van der Waals surface area contributed by atoms with Crippen molar-refractivity contribution in [2.24, 2.45) is 0 Å². The van der Waals surface area contributed by atoms with Crippen molar-refractivity contribution < 1.29 is 4.74 Å². The molecule has 6 heteroatoms. The number of nitrogens with zero attached hydrogens (tertiary/aromatic N) is 2. The van der Waals surface area contributed by atoms with Gasteiger partial charge in [0.15, 0.2) is 0 Å². The largest absolute Gasteiger partial charge is 0.457 e. The van der Waals surface area contributed by atoms with Gasteiger partial charge in [-0.25, -0.2) is 4.98 Å². The standard InChI is InChI=1S/C22H15N3O2S/c1-14-19(11-16(12-23)21(26)24-14)20-13-28-22(25-20)15-7-9-18(10-8-15)27-17-5-3-2-4-6-17/h2-11,13H,1H3,(H,24,26). The predicted octanol–water partition coefficient (Wildman–Crippen LogP) is 5.14. The second-order valence-corrected chi connectivity index (χ2v) is 7.00. The van der Waals surface area contributed by atoms with Crippen LogP contribution in [0.2, 0.25) is 0 Å². The van der Waals surface area contributed by atoms with Gasteiger partial charge in [-0.15, -0.1) is 11.3 Å². The normalized spacial score (nSPS) is 10.4. The van der Waals surface area contributed by atoms with Crippen molar-refractivity contribution in [2.75, 3.05) is 0 Å². The second-order valence-electron chi connectivity index (χ2n) is 6.14. The molecule has 0 unspecified atom stereocenters. The number of pyridine rings is 1. The Bertz CT molecular complexity index is 1220. The van der Waals surface area contributed by atoms with Crippen molar-refractivity contribution in [3.05, 3.63) is 87.7 Å². The van der Waals surface area contributed by atoms with E-state index in [0.29, 0.717) is 5.69 Å². The minimum atomic E-state index is -0.381. The molecule has 0 saturated heterocycles. The van der Waals surface area contributed by atoms with Crippen LogP contribution in [0.3, 0.4) is 0 Å². The Kier molecular flexibility index (Phi) is 4.75. The zero-order valence-electron chi connectivity index (χ0n) is 15.0. The molecule has 2 aromatic carbocycles. The first-order valence-corrected chi connectivity index (χ1v) is 9.45. The van der Waals surface area contributed by atoms with Crippen molar-refractivity contribution in [3.63, 3.8) is 0 Å². The van der Waals surface area contributed by atoms with E-state index in [9.17, 15) is 4.79 Å². The number of hydrogen-bond donors (Lipinski definition) is 1. The highest BCUT2D eigenvalue weighted by Gasteiger charge is 2.12. The first kappa shape index (κ1) is 17.7. The van der Waals surface area contributed by atoms with Gasteiger partial charge in [-0.05, 0) is 49.4 Å². The van der Waals surface area contributed by atoms with Crippen molar-refractivity contribution in [1.29, 1.82) is 5.26 Å². The van der Waals surface area contributed by atoms with Crippen LogP contribution < -0.4 is 10.3 Å². The van der Waals surface area contributed by atoms with Crippen LogP contribution in [0.25, 0.3) is 21.8 Å². The third-order valence-electron chi connectivity index (χ3n) is 4.22. The average Bonchev–Trinajstić information content (AvgIpc) is 3.19. The third-order valence-corrected chi connectivity index (χ3v) is 5.11. The molecule has 0 fully saturated rings. The van der Waals surface area contributed by atoms with E-state index in [1.807, 2.05) is 66.0 Å². The summed E-state index contributed by atoms with van der Waals surface area (Å²) >= 11 is 1.51. The molecule has 0 amide bonds. The van der Waals surface area contributed by atoms with Gasteiger partial charge in [0.05, 0.1) is 5.69 Å². The lowest BCUT2D eigenvalue weighted by atomic mass is 10.1. The number of aryl methyl sites for hydroxylation is 1. The fourth-order valence-electron chi connectivity index (χ4n) is 2.79. The molecular weight excluding hydrogens is 370 g/mol. The van der Waals surface area contributed by atoms with Crippen LogP contribution in [0.1, 0.15) is 11.3 Å². The molecule has 5 nitrogen and oxygen atoms in total. The number of aromatic amines is 1. The van der Waals surface area contributed by atoms with Gasteiger partial charge in [-0.2, -0.15) is 5.26 Å². The van der Waals surface area contributed by atoms with Crippen LogP contribution in [-0.4, -0.2) is 9.97 Å². The van der Waals surface area contributed by atoms with E-state index in [1.54, 1.807) is 13.0 Å². The highest BCUT2D eigenvalue weighted by atomic mass is 32.1. The third kappa shape index (κ3) is 3.56. The summed E-state index contributed by atoms with van der Waals surface area (Å²) in [7, 11) is 0. The highest BCUT2D eigenvalue weighted by molar-refractivity contribution is 7.13. The van der Waals surface area contributed by atoms with Crippen LogP contribution in [-0.2, 0) is 0 Å². The highest BCUT2D eigenvalue weighted by Crippen LogP contribution is 2.31. The maximum atomic E-state index is 11.7. The summed E-state index contributed by atoms with van der Waals surface area (Å²) in [5, 5.41) is 11.9. The smallest absolute Gasteiger partial charge is 0.266 e. The molecular formula is C22H15N3O2S. The van der Waals surface area contributed by atoms with E-state index in [-0.39, 0.29) is 11.1 Å². The van der Waals surface area contributed by atoms with E-state index in [2.05, 4.69) is 9.97 Å². The number of ether oxygens (including phenoxy) is 1. The SMILES string of the molecule is Cc1[nH]c(=O)c(C#N)cc1-c1csc(-c2ccc(Oc3ccccc3)cc2)n1. The number of rotatable bonds is 4. The number of hydrogen-bond acceptors (Lipinski definition) is 5. The first-order chi connectivity index (χ1) is 13.6. The molecule has 0 aliphatic heterocycles. The second kappa shape index (κ2) is 7.51. The van der Waals surface area contributed by atoms with E-state index < -0.39 is 0 Å². The zero-order valence-corrected chi connectivity index (χ0v) is 15.8. The quantitative estimate of drug-likeness (QED) is 0.528. The summed E-state index contributed by atoms with van der Waals surface area (Å²) in [6, 6.07) is 20.8. The molecule has 0 radical (unpaired) electrons. The Morgan fingerprint density at radius 1 is 1.07 bits per heavy atom. The maximum Gasteiger partial charge on any atom is 0.266 e. The molecule has 0 aliphatic carbocycles. The lowest BCUT2D eigenvalue weighted by Gasteiger charge is -2.06. The van der Waals surface area contributed by atoms with Gasteiger partial charge >= 0.3 is 0 Å². The molecule has 0 spiro atoms. The Balaban J connectivity index is 1.60. The number of benzene rings is 2. The van der Waals surface area contributed by atoms with Gasteiger partial charge in [0.1, 0.15) is 28.1 Å². The van der Waals surface area contributed by atoms with E-state index in [4.69, 9.17) is 10.00 Å². The van der Waals surface area contributed by atoms with Gasteiger partial charge in [0.2, 0.25) is 0 Å². The zero-order chi connectivity index (χ0) is 19.5. The summed E-state index contributed by atoms with van der Waals surface area (Å²) in [6.45, 7) is 1.80. The molecule has 4 aromatic rings. The van der Waals surface area contributed by atoms with Gasteiger partial charge < -0.3 is 9.72 Å². The summed E-state index contributed by atoms with van der Waals surface area (Å²) in [4.78, 5) is 19.1. The summed E-state index contributed by atoms with van der Waals surface area (Å²) < 4.78 is 5.81. The van der Waals surface area contributed by atoms with Gasteiger partial charge in [-0.3, -0.25) is 4.79 Å². The number of para-hydroxylation sites is 1. The molecule has 4 rings (SSSR count). The summed E-state index contributed by atoms with van der Waals surface area (Å²) in [5.41, 5.74) is 2.84. The molecule has 2 heterocycles. The molecule has 0 aliphatic rings. The maximum absolute atomic E-state index is 11.7. The van der Waals surface area contributed by atoms with Crippen molar-refractivity contribution in [1.82, 2.24) is 9.97 Å². The number of nitrogens with one attached hydrogen (secondary N) is 1. The van der Waals surface area contributed by atoms with Crippen LogP contribution in [0.5, 0.6) is 11.5 Å². The van der Waals surface area contributed by atoms with Crippen molar-refractivity contribution >= 4 is 11.3 Å². The minimum Gasteiger partial charge on any atom is -0.457 e. The summed E-state index contributed by atoms with van der Waals surface area (Å²) in [5.74, 6) is 1.54. The van der Waals surface area contributed by atoms with E-state index in [1.165, 1.54) is 11.3 Å². The minimum absolute atomic E-state index is 0.0811. The lowest BCUT2D eigenvalue weighted by molar-refractivity contribution is 0.483. The molecule has 136 valence electrons. The van der Waals surface area contributed by atoms with Gasteiger partial charge in [-0.1, -0.05) is 18.2 Å². The number of H-pyrrole nitrogens is 1. The molecule has 0 bridgehead atoms. The number of nitriles is 1. The van der Waals surface area contributed by atoms with Crippen molar-refractivity contribution in [2.45, 2.75) is 6.92 Å². The molecule has 0 atom stereocenters. The Hall–Kier alpha value is -3.69. The first-order valence-electron chi connectivity index (χ1n) is 8.57. The Morgan fingerprint density at radius 3 is 2.50 bits per heavy atom. The molecule has 2 aromatic heterocycles. The van der Waals surface area contributed by atoms with Crippen LogP contribution >= 0.6 is 11.3 Å². The van der Waals surface area contributed by atoms with E-state index >= 15 is 0 Å². The number of thiazole rings is 1. The van der Waals surface area contributed by atoms with Crippen LogP contribution in [0, 0.1) is 18.3 Å². The van der Waals surface area contributed by atoms with Crippen LogP contribution in [0.15, 0.2) is 70.8 Å². The fraction of sp³-hybridized carbons (Fsp3) is 0.0455. The van der Waals surface area contributed by atoms with Crippen LogP contribution in [0.4, 0.5) is 0 Å².